The number of hydrogen-bond acceptors (Lipinski definition) is 5. The second-order valence-electron chi connectivity index (χ2n) is 3.86. The van der Waals surface area contributed by atoms with E-state index < -0.39 is 10.0 Å². The molecule has 0 unspecified atom stereocenters. The zero-order valence-corrected chi connectivity index (χ0v) is 12.2. The average molecular weight is 293 g/mol. The number of aliphatic hydroxyl groups excluding tert-OH is 1. The average Bonchev–Trinajstić information content (AvgIpc) is 2.63. The molecule has 0 aliphatic carbocycles. The van der Waals surface area contributed by atoms with E-state index in [4.69, 9.17) is 9.84 Å². The number of hydrogen-bond donors (Lipinski definition) is 2. The van der Waals surface area contributed by atoms with Crippen molar-refractivity contribution < 1.29 is 18.3 Å². The SMILES string of the molecule is Cc1cc(S(=O)(=O)NCCCOCCO)c(C)s1. The molecule has 0 aromatic carbocycles. The Morgan fingerprint density at radius 2 is 2.11 bits per heavy atom. The zero-order chi connectivity index (χ0) is 13.6. The summed E-state index contributed by atoms with van der Waals surface area (Å²) in [6, 6.07) is 1.69. The Labute approximate surface area is 112 Å². The third-order valence-corrected chi connectivity index (χ3v) is 4.96. The van der Waals surface area contributed by atoms with Gasteiger partial charge in [-0.1, -0.05) is 0 Å². The van der Waals surface area contributed by atoms with Crippen LogP contribution in [-0.2, 0) is 14.8 Å². The van der Waals surface area contributed by atoms with E-state index in [2.05, 4.69) is 4.72 Å². The van der Waals surface area contributed by atoms with Crippen molar-refractivity contribution >= 4 is 21.4 Å². The fourth-order valence-electron chi connectivity index (χ4n) is 1.50. The Hall–Kier alpha value is -0.470. The van der Waals surface area contributed by atoms with E-state index in [1.807, 2.05) is 6.92 Å². The maximum absolute atomic E-state index is 12.0. The highest BCUT2D eigenvalue weighted by molar-refractivity contribution is 7.89. The van der Waals surface area contributed by atoms with Crippen LogP contribution in [0.5, 0.6) is 0 Å². The van der Waals surface area contributed by atoms with Gasteiger partial charge in [-0.2, -0.15) is 0 Å². The minimum absolute atomic E-state index is 0.0148. The summed E-state index contributed by atoms with van der Waals surface area (Å²) in [4.78, 5) is 2.15. The molecule has 0 aliphatic heterocycles. The van der Waals surface area contributed by atoms with E-state index >= 15 is 0 Å². The Morgan fingerprint density at radius 3 is 2.67 bits per heavy atom. The van der Waals surface area contributed by atoms with Crippen molar-refractivity contribution in [3.63, 3.8) is 0 Å². The molecule has 0 spiro atoms. The van der Waals surface area contributed by atoms with Crippen LogP contribution in [0.2, 0.25) is 0 Å². The summed E-state index contributed by atoms with van der Waals surface area (Å²) < 4.78 is 31.5. The van der Waals surface area contributed by atoms with E-state index in [-0.39, 0.29) is 13.2 Å². The first-order chi connectivity index (χ1) is 8.47. The van der Waals surface area contributed by atoms with Crippen molar-refractivity contribution in [1.29, 1.82) is 0 Å². The standard InChI is InChI=1S/C11H19NO4S2/c1-9-8-11(10(2)17-9)18(14,15)12-4-3-6-16-7-5-13/h8,12-13H,3-7H2,1-2H3. The van der Waals surface area contributed by atoms with Gasteiger partial charge in [-0.15, -0.1) is 11.3 Å². The molecule has 0 atom stereocenters. The van der Waals surface area contributed by atoms with Crippen LogP contribution in [-0.4, -0.2) is 39.9 Å². The molecule has 104 valence electrons. The summed E-state index contributed by atoms with van der Waals surface area (Å²) in [6.45, 7) is 4.73. The fraction of sp³-hybridized carbons (Fsp3) is 0.636. The molecule has 1 rings (SSSR count). The van der Waals surface area contributed by atoms with Crippen molar-refractivity contribution in [2.75, 3.05) is 26.4 Å². The van der Waals surface area contributed by atoms with Crippen LogP contribution < -0.4 is 4.72 Å². The molecular weight excluding hydrogens is 274 g/mol. The molecule has 0 saturated heterocycles. The summed E-state index contributed by atoms with van der Waals surface area (Å²) in [5, 5.41) is 8.50. The number of nitrogens with one attached hydrogen (secondary N) is 1. The minimum atomic E-state index is -3.41. The topological polar surface area (TPSA) is 75.6 Å². The molecule has 0 fully saturated rings. The predicted octanol–water partition coefficient (Wildman–Crippen LogP) is 1.04. The Morgan fingerprint density at radius 1 is 1.39 bits per heavy atom. The van der Waals surface area contributed by atoms with E-state index in [1.165, 1.54) is 11.3 Å². The van der Waals surface area contributed by atoms with Gasteiger partial charge in [0.15, 0.2) is 0 Å². The molecule has 1 aromatic rings. The maximum Gasteiger partial charge on any atom is 0.241 e. The molecule has 0 aliphatic rings. The second-order valence-corrected chi connectivity index (χ2v) is 7.06. The Bertz CT molecular complexity index is 467. The first-order valence-electron chi connectivity index (χ1n) is 5.72. The molecule has 18 heavy (non-hydrogen) atoms. The van der Waals surface area contributed by atoms with Crippen molar-refractivity contribution in [2.45, 2.75) is 25.2 Å². The molecule has 7 heteroatoms. The lowest BCUT2D eigenvalue weighted by Gasteiger charge is -2.06. The number of aliphatic hydroxyl groups is 1. The molecule has 0 bridgehead atoms. The van der Waals surface area contributed by atoms with Crippen LogP contribution in [0.15, 0.2) is 11.0 Å². The fourth-order valence-corrected chi connectivity index (χ4v) is 4.13. The van der Waals surface area contributed by atoms with Gasteiger partial charge in [0.05, 0.1) is 18.1 Å². The van der Waals surface area contributed by atoms with Gasteiger partial charge < -0.3 is 9.84 Å². The number of sulfonamides is 1. The van der Waals surface area contributed by atoms with Gasteiger partial charge in [0.2, 0.25) is 10.0 Å². The van der Waals surface area contributed by atoms with Crippen molar-refractivity contribution in [3.8, 4) is 0 Å². The molecular formula is C11H19NO4S2. The van der Waals surface area contributed by atoms with Crippen LogP contribution in [0.1, 0.15) is 16.2 Å². The lowest BCUT2D eigenvalue weighted by atomic mass is 10.4. The van der Waals surface area contributed by atoms with Crippen LogP contribution in [0.4, 0.5) is 0 Å². The summed E-state index contributed by atoms with van der Waals surface area (Å²) in [7, 11) is -3.41. The first kappa shape index (κ1) is 15.6. The second kappa shape index (κ2) is 7.20. The van der Waals surface area contributed by atoms with E-state index in [0.717, 1.165) is 9.75 Å². The number of ether oxygens (including phenoxy) is 1. The number of rotatable bonds is 8. The van der Waals surface area contributed by atoms with Crippen molar-refractivity contribution in [2.24, 2.45) is 0 Å². The zero-order valence-electron chi connectivity index (χ0n) is 10.6. The molecule has 5 nitrogen and oxygen atoms in total. The third-order valence-electron chi connectivity index (χ3n) is 2.28. The van der Waals surface area contributed by atoms with Crippen LogP contribution in [0.3, 0.4) is 0 Å². The predicted molar refractivity (Wildman–Crippen MR) is 71.5 cm³/mol. The van der Waals surface area contributed by atoms with Crippen LogP contribution in [0, 0.1) is 13.8 Å². The van der Waals surface area contributed by atoms with E-state index in [1.54, 1.807) is 13.0 Å². The van der Waals surface area contributed by atoms with Gasteiger partial charge in [0.1, 0.15) is 0 Å². The summed E-state index contributed by atoms with van der Waals surface area (Å²) in [5.41, 5.74) is 0. The number of thiophene rings is 1. The molecule has 0 saturated carbocycles. The minimum Gasteiger partial charge on any atom is -0.394 e. The van der Waals surface area contributed by atoms with Crippen molar-refractivity contribution in [3.05, 3.63) is 15.8 Å². The van der Waals surface area contributed by atoms with Gasteiger partial charge in [-0.3, -0.25) is 0 Å². The maximum atomic E-state index is 12.0. The third kappa shape index (κ3) is 4.66. The summed E-state index contributed by atoms with van der Waals surface area (Å²) in [5.74, 6) is 0. The van der Waals surface area contributed by atoms with Crippen molar-refractivity contribution in [1.82, 2.24) is 4.72 Å². The largest absolute Gasteiger partial charge is 0.394 e. The molecule has 1 heterocycles. The monoisotopic (exact) mass is 293 g/mol. The Kier molecular flexibility index (Phi) is 6.24. The van der Waals surface area contributed by atoms with Gasteiger partial charge >= 0.3 is 0 Å². The molecule has 1 aromatic heterocycles. The van der Waals surface area contributed by atoms with Gasteiger partial charge in [-0.05, 0) is 26.3 Å². The van der Waals surface area contributed by atoms with Gasteiger partial charge in [0, 0.05) is 22.9 Å². The summed E-state index contributed by atoms with van der Waals surface area (Å²) in [6.07, 6.45) is 0.585. The smallest absolute Gasteiger partial charge is 0.241 e. The van der Waals surface area contributed by atoms with Crippen LogP contribution >= 0.6 is 11.3 Å². The lowest BCUT2D eigenvalue weighted by molar-refractivity contribution is 0.0913. The molecule has 2 N–H and O–H groups in total. The highest BCUT2D eigenvalue weighted by Gasteiger charge is 2.18. The summed E-state index contributed by atoms with van der Waals surface area (Å²) >= 11 is 1.47. The number of aryl methyl sites for hydroxylation is 2. The van der Waals surface area contributed by atoms with Crippen LogP contribution in [0.25, 0.3) is 0 Å². The normalized spacial score (nSPS) is 11.9. The Balaban J connectivity index is 2.43. The van der Waals surface area contributed by atoms with E-state index in [0.29, 0.717) is 24.5 Å². The first-order valence-corrected chi connectivity index (χ1v) is 8.02. The van der Waals surface area contributed by atoms with E-state index in [9.17, 15) is 8.42 Å². The van der Waals surface area contributed by atoms with Gasteiger partial charge in [0.25, 0.3) is 0 Å². The lowest BCUT2D eigenvalue weighted by Crippen LogP contribution is -2.25. The molecule has 0 amide bonds. The molecule has 0 radical (unpaired) electrons. The highest BCUT2D eigenvalue weighted by Crippen LogP contribution is 2.24. The van der Waals surface area contributed by atoms with Gasteiger partial charge in [-0.25, -0.2) is 13.1 Å². The quantitative estimate of drug-likeness (QED) is 0.702. The highest BCUT2D eigenvalue weighted by atomic mass is 32.2.